The van der Waals surface area contributed by atoms with E-state index in [9.17, 15) is 4.79 Å². The lowest BCUT2D eigenvalue weighted by molar-refractivity contribution is -0.116. The van der Waals surface area contributed by atoms with Crippen LogP contribution in [0.15, 0.2) is 29.3 Å². The van der Waals surface area contributed by atoms with Crippen molar-refractivity contribution in [3.05, 3.63) is 29.9 Å². The number of carbonyl (C=O) groups is 1. The van der Waals surface area contributed by atoms with E-state index in [-0.39, 0.29) is 5.91 Å². The van der Waals surface area contributed by atoms with Gasteiger partial charge in [0.05, 0.1) is 17.6 Å². The molecule has 0 N–H and O–H groups in total. The van der Waals surface area contributed by atoms with Crippen LogP contribution in [-0.4, -0.2) is 28.8 Å². The molecule has 0 fully saturated rings. The molecule has 0 radical (unpaired) electrons. The van der Waals surface area contributed by atoms with Crippen LogP contribution in [0.4, 0.5) is 0 Å². The summed E-state index contributed by atoms with van der Waals surface area (Å²) in [7, 11) is 3.57. The Hall–Kier alpha value is -1.88. The Morgan fingerprint density at radius 1 is 1.33 bits per heavy atom. The molecular formula is C13H17N3O2. The molecule has 5 nitrogen and oxygen atoms in total. The maximum absolute atomic E-state index is 11.2. The second kappa shape index (κ2) is 5.18. The molecule has 0 aliphatic rings. The summed E-state index contributed by atoms with van der Waals surface area (Å²) in [4.78, 5) is 15.3. The van der Waals surface area contributed by atoms with Crippen LogP contribution in [-0.2, 0) is 23.1 Å². The van der Waals surface area contributed by atoms with Crippen LogP contribution in [0.25, 0.3) is 11.0 Å². The number of aromatic nitrogens is 2. The van der Waals surface area contributed by atoms with Gasteiger partial charge in [0.25, 0.3) is 0 Å². The molecule has 2 aromatic rings. The highest BCUT2D eigenvalue weighted by atomic mass is 16.5. The van der Waals surface area contributed by atoms with E-state index in [0.29, 0.717) is 18.8 Å². The van der Waals surface area contributed by atoms with Crippen molar-refractivity contribution in [2.24, 2.45) is 12.0 Å². The number of carbonyl (C=O) groups excluding carboxylic acids is 1. The number of aryl methyl sites for hydroxylation is 1. The summed E-state index contributed by atoms with van der Waals surface area (Å²) in [5.74, 6) is -0.202. The van der Waals surface area contributed by atoms with E-state index in [2.05, 4.69) is 4.99 Å². The number of hydrogen-bond acceptors (Lipinski definition) is 2. The molecule has 0 saturated carbocycles. The van der Waals surface area contributed by atoms with Gasteiger partial charge in [0, 0.05) is 27.6 Å². The SMILES string of the molecule is COCCn1c(=NC(C)=O)n(C)c2ccccc21. The Morgan fingerprint density at radius 3 is 2.61 bits per heavy atom. The molecular weight excluding hydrogens is 230 g/mol. The number of nitrogens with zero attached hydrogens (tertiary/aromatic N) is 3. The van der Waals surface area contributed by atoms with Crippen LogP contribution < -0.4 is 5.62 Å². The van der Waals surface area contributed by atoms with Gasteiger partial charge in [0.15, 0.2) is 0 Å². The van der Waals surface area contributed by atoms with E-state index in [1.165, 1.54) is 6.92 Å². The quantitative estimate of drug-likeness (QED) is 0.814. The number of methoxy groups -OCH3 is 1. The van der Waals surface area contributed by atoms with E-state index in [1.807, 2.05) is 40.4 Å². The van der Waals surface area contributed by atoms with Gasteiger partial charge in [0.2, 0.25) is 11.5 Å². The Kier molecular flexibility index (Phi) is 3.62. The summed E-state index contributed by atoms with van der Waals surface area (Å²) >= 11 is 0. The molecule has 2 rings (SSSR count). The highest BCUT2D eigenvalue weighted by Crippen LogP contribution is 2.11. The zero-order valence-corrected chi connectivity index (χ0v) is 10.9. The summed E-state index contributed by atoms with van der Waals surface area (Å²) in [6.07, 6.45) is 0. The largest absolute Gasteiger partial charge is 0.383 e. The first-order chi connectivity index (χ1) is 8.65. The molecule has 0 spiro atoms. The average molecular weight is 247 g/mol. The standard InChI is InChI=1S/C13H17N3O2/c1-10(17)14-13-15(2)11-6-4-5-7-12(11)16(13)8-9-18-3/h4-7H,8-9H2,1-3H3. The van der Waals surface area contributed by atoms with E-state index >= 15 is 0 Å². The minimum absolute atomic E-state index is 0.202. The third-order valence-electron chi connectivity index (χ3n) is 2.85. The molecule has 1 heterocycles. The minimum Gasteiger partial charge on any atom is -0.383 e. The topological polar surface area (TPSA) is 48.5 Å². The van der Waals surface area contributed by atoms with E-state index < -0.39 is 0 Å². The van der Waals surface area contributed by atoms with Crippen molar-refractivity contribution >= 4 is 16.9 Å². The van der Waals surface area contributed by atoms with Gasteiger partial charge in [-0.3, -0.25) is 4.79 Å². The number of ether oxygens (including phenoxy) is 1. The Balaban J connectivity index is 2.73. The number of para-hydroxylation sites is 2. The summed E-state index contributed by atoms with van der Waals surface area (Å²) in [6, 6.07) is 7.98. The molecule has 0 bridgehead atoms. The highest BCUT2D eigenvalue weighted by molar-refractivity contribution is 5.77. The van der Waals surface area contributed by atoms with Gasteiger partial charge in [-0.1, -0.05) is 12.1 Å². The van der Waals surface area contributed by atoms with Gasteiger partial charge in [-0.25, -0.2) is 0 Å². The molecule has 18 heavy (non-hydrogen) atoms. The third-order valence-corrected chi connectivity index (χ3v) is 2.85. The van der Waals surface area contributed by atoms with Crippen LogP contribution in [0, 0.1) is 0 Å². The molecule has 0 atom stereocenters. The monoisotopic (exact) mass is 247 g/mol. The smallest absolute Gasteiger partial charge is 0.245 e. The fraction of sp³-hybridized carbons (Fsp3) is 0.385. The number of hydrogen-bond donors (Lipinski definition) is 0. The lowest BCUT2D eigenvalue weighted by Crippen LogP contribution is -2.26. The minimum atomic E-state index is -0.202. The summed E-state index contributed by atoms with van der Waals surface area (Å²) in [5, 5.41) is 0. The Bertz CT molecular complexity index is 637. The molecule has 1 aromatic heterocycles. The van der Waals surface area contributed by atoms with Crippen LogP contribution in [0.2, 0.25) is 0 Å². The van der Waals surface area contributed by atoms with Crippen molar-refractivity contribution in [1.29, 1.82) is 0 Å². The summed E-state index contributed by atoms with van der Waals surface area (Å²) < 4.78 is 9.03. The van der Waals surface area contributed by atoms with Gasteiger partial charge in [-0.05, 0) is 12.1 Å². The number of fused-ring (bicyclic) bond motifs is 1. The predicted octanol–water partition coefficient (Wildman–Crippen LogP) is 1.07. The number of amides is 1. The zero-order chi connectivity index (χ0) is 13.1. The zero-order valence-electron chi connectivity index (χ0n) is 10.9. The first-order valence-electron chi connectivity index (χ1n) is 5.83. The van der Waals surface area contributed by atoms with Crippen LogP contribution in [0.5, 0.6) is 0 Å². The first kappa shape index (κ1) is 12.6. The van der Waals surface area contributed by atoms with Gasteiger partial charge in [0.1, 0.15) is 0 Å². The van der Waals surface area contributed by atoms with Crippen molar-refractivity contribution < 1.29 is 9.53 Å². The summed E-state index contributed by atoms with van der Waals surface area (Å²) in [6.45, 7) is 2.71. The fourth-order valence-electron chi connectivity index (χ4n) is 2.05. The fourth-order valence-corrected chi connectivity index (χ4v) is 2.05. The number of imidazole rings is 1. The maximum atomic E-state index is 11.2. The van der Waals surface area contributed by atoms with Crippen LogP contribution in [0.3, 0.4) is 0 Å². The van der Waals surface area contributed by atoms with Crippen molar-refractivity contribution in [2.75, 3.05) is 13.7 Å². The summed E-state index contributed by atoms with van der Waals surface area (Å²) in [5.41, 5.74) is 2.76. The van der Waals surface area contributed by atoms with E-state index in [1.54, 1.807) is 7.11 Å². The molecule has 1 aromatic carbocycles. The average Bonchev–Trinajstić information content (AvgIpc) is 2.61. The lowest BCUT2D eigenvalue weighted by Gasteiger charge is -2.03. The number of benzene rings is 1. The molecule has 0 aliphatic heterocycles. The highest BCUT2D eigenvalue weighted by Gasteiger charge is 2.08. The maximum Gasteiger partial charge on any atom is 0.245 e. The third kappa shape index (κ3) is 2.22. The van der Waals surface area contributed by atoms with E-state index in [4.69, 9.17) is 4.74 Å². The molecule has 1 amide bonds. The molecule has 0 aliphatic carbocycles. The van der Waals surface area contributed by atoms with Crippen molar-refractivity contribution in [2.45, 2.75) is 13.5 Å². The molecule has 5 heteroatoms. The second-order valence-corrected chi connectivity index (χ2v) is 4.12. The van der Waals surface area contributed by atoms with Crippen molar-refractivity contribution in [3.8, 4) is 0 Å². The van der Waals surface area contributed by atoms with Gasteiger partial charge in [-0.2, -0.15) is 4.99 Å². The molecule has 0 unspecified atom stereocenters. The lowest BCUT2D eigenvalue weighted by atomic mass is 10.3. The van der Waals surface area contributed by atoms with Crippen LogP contribution >= 0.6 is 0 Å². The number of rotatable bonds is 3. The van der Waals surface area contributed by atoms with E-state index in [0.717, 1.165) is 11.0 Å². The van der Waals surface area contributed by atoms with Gasteiger partial charge in [-0.15, -0.1) is 0 Å². The predicted molar refractivity (Wildman–Crippen MR) is 69.0 cm³/mol. The Labute approximate surface area is 105 Å². The van der Waals surface area contributed by atoms with Crippen molar-refractivity contribution in [1.82, 2.24) is 9.13 Å². The van der Waals surface area contributed by atoms with Crippen molar-refractivity contribution in [3.63, 3.8) is 0 Å². The molecule has 0 saturated heterocycles. The molecule has 96 valence electrons. The van der Waals surface area contributed by atoms with Gasteiger partial charge < -0.3 is 13.9 Å². The Morgan fingerprint density at radius 2 is 2.00 bits per heavy atom. The first-order valence-corrected chi connectivity index (χ1v) is 5.83. The normalized spacial score (nSPS) is 12.3. The van der Waals surface area contributed by atoms with Gasteiger partial charge >= 0.3 is 0 Å². The second-order valence-electron chi connectivity index (χ2n) is 4.12. The van der Waals surface area contributed by atoms with Crippen LogP contribution in [0.1, 0.15) is 6.92 Å².